The molecule has 2 rings (SSSR count). The van der Waals surface area contributed by atoms with Crippen LogP contribution in [0, 0.1) is 0 Å². The number of hydrogen-bond acceptors (Lipinski definition) is 4. The summed E-state index contributed by atoms with van der Waals surface area (Å²) in [4.78, 5) is 23.5. The first kappa shape index (κ1) is 19.8. The monoisotopic (exact) mass is 376 g/mol. The first-order valence-electron chi connectivity index (χ1n) is 7.96. The molecule has 0 saturated carbocycles. The molecular weight excluding hydrogens is 355 g/mol. The molecule has 8 heteroatoms. The third-order valence-electron chi connectivity index (χ3n) is 3.61. The zero-order valence-corrected chi connectivity index (χ0v) is 15.3. The molecule has 138 valence electrons. The van der Waals surface area contributed by atoms with Crippen molar-refractivity contribution >= 4 is 25.5 Å². The molecule has 0 fully saturated rings. The second kappa shape index (κ2) is 9.87. The summed E-state index contributed by atoms with van der Waals surface area (Å²) in [5, 5.41) is 14.5. The van der Waals surface area contributed by atoms with Gasteiger partial charge in [0.15, 0.2) is 7.95 Å². The zero-order chi connectivity index (χ0) is 18.9. The van der Waals surface area contributed by atoms with Crippen molar-refractivity contribution in [2.75, 3.05) is 18.8 Å². The molecule has 1 amide bonds. The number of carboxylic acids is 1. The molecule has 0 aliphatic rings. The van der Waals surface area contributed by atoms with Crippen LogP contribution in [0.25, 0.3) is 0 Å². The van der Waals surface area contributed by atoms with Gasteiger partial charge in [-0.15, -0.1) is 0 Å². The Morgan fingerprint density at radius 3 is 2.35 bits per heavy atom. The van der Waals surface area contributed by atoms with Crippen molar-refractivity contribution in [3.05, 3.63) is 65.7 Å². The molecule has 2 aromatic carbocycles. The number of carboxylic acid groups (broad SMARTS) is 1. The number of hydrogen-bond donors (Lipinski definition) is 3. The number of methoxy groups -OCH3 is 1. The van der Waals surface area contributed by atoms with Crippen LogP contribution in [0.3, 0.4) is 0 Å². The Balaban J connectivity index is 2.10. The van der Waals surface area contributed by atoms with E-state index in [1.807, 2.05) is 30.3 Å². The smallest absolute Gasteiger partial charge is 0.335 e. The number of carbonyl (C=O) groups is 2. The minimum atomic E-state index is -2.27. The van der Waals surface area contributed by atoms with Crippen LogP contribution in [0.15, 0.2) is 54.6 Å². The van der Waals surface area contributed by atoms with Crippen molar-refractivity contribution in [2.24, 2.45) is 0 Å². The van der Waals surface area contributed by atoms with E-state index in [-0.39, 0.29) is 17.8 Å². The van der Waals surface area contributed by atoms with Crippen LogP contribution >= 0.6 is 7.95 Å². The van der Waals surface area contributed by atoms with Gasteiger partial charge in [0.1, 0.15) is 6.35 Å². The van der Waals surface area contributed by atoms with Gasteiger partial charge in [0.2, 0.25) is 5.91 Å². The van der Waals surface area contributed by atoms with E-state index >= 15 is 0 Å². The maximum atomic E-state index is 12.6. The highest BCUT2D eigenvalue weighted by Gasteiger charge is 2.21. The third kappa shape index (κ3) is 6.11. The van der Waals surface area contributed by atoms with Crippen LogP contribution in [0.2, 0.25) is 0 Å². The minimum absolute atomic E-state index is 0.0382. The normalized spacial score (nSPS) is 13.0. The Labute approximate surface area is 152 Å². The first-order chi connectivity index (χ1) is 12.5. The number of carbonyl (C=O) groups excluding carboxylic acids is 1. The van der Waals surface area contributed by atoms with Crippen LogP contribution in [-0.4, -0.2) is 36.5 Å². The Kier molecular flexibility index (Phi) is 7.53. The number of rotatable bonds is 9. The number of nitrogens with one attached hydrogen (secondary N) is 2. The fraction of sp³-hybridized carbons (Fsp3) is 0.222. The van der Waals surface area contributed by atoms with Gasteiger partial charge in [-0.1, -0.05) is 30.3 Å². The molecule has 0 bridgehead atoms. The van der Waals surface area contributed by atoms with E-state index in [0.717, 1.165) is 5.56 Å². The molecule has 0 radical (unpaired) electrons. The lowest BCUT2D eigenvalue weighted by molar-refractivity contribution is -0.117. The Hall–Kier alpha value is -2.47. The minimum Gasteiger partial charge on any atom is -0.478 e. The van der Waals surface area contributed by atoms with Gasteiger partial charge in [0.05, 0.1) is 11.6 Å². The van der Waals surface area contributed by atoms with Crippen LogP contribution in [0.5, 0.6) is 0 Å². The molecule has 0 saturated heterocycles. The lowest BCUT2D eigenvalue weighted by atomic mass is 10.1. The van der Waals surface area contributed by atoms with E-state index in [2.05, 4.69) is 10.4 Å². The number of anilines is 1. The predicted molar refractivity (Wildman–Crippen MR) is 100.0 cm³/mol. The second-order valence-electron chi connectivity index (χ2n) is 5.61. The van der Waals surface area contributed by atoms with Gasteiger partial charge < -0.3 is 19.7 Å². The van der Waals surface area contributed by atoms with E-state index in [1.54, 1.807) is 0 Å². The molecule has 3 N–H and O–H groups in total. The Morgan fingerprint density at radius 1 is 1.12 bits per heavy atom. The summed E-state index contributed by atoms with van der Waals surface area (Å²) in [6, 6.07) is 14.5. The van der Waals surface area contributed by atoms with Crippen molar-refractivity contribution in [3.8, 4) is 0 Å². The average molecular weight is 376 g/mol. The fourth-order valence-electron chi connectivity index (χ4n) is 2.35. The summed E-state index contributed by atoms with van der Waals surface area (Å²) in [6.45, 7) is 0. The molecule has 7 nitrogen and oxygen atoms in total. The zero-order valence-electron chi connectivity index (χ0n) is 14.3. The topological polar surface area (TPSA) is 105 Å². The summed E-state index contributed by atoms with van der Waals surface area (Å²) in [6.07, 6.45) is 0.399. The molecule has 2 atom stereocenters. The summed E-state index contributed by atoms with van der Waals surface area (Å²) >= 11 is 0. The highest BCUT2D eigenvalue weighted by molar-refractivity contribution is 7.42. The van der Waals surface area contributed by atoms with Crippen molar-refractivity contribution in [3.63, 3.8) is 0 Å². The van der Waals surface area contributed by atoms with Crippen molar-refractivity contribution < 1.29 is 24.0 Å². The molecule has 0 spiro atoms. The van der Waals surface area contributed by atoms with Crippen LogP contribution in [0.1, 0.15) is 15.9 Å². The van der Waals surface area contributed by atoms with Crippen LogP contribution < -0.4 is 10.4 Å². The number of benzene rings is 2. The molecule has 0 heterocycles. The van der Waals surface area contributed by atoms with Gasteiger partial charge in [-0.3, -0.25) is 9.88 Å². The maximum absolute atomic E-state index is 12.6. The second-order valence-corrected chi connectivity index (χ2v) is 7.04. The lowest BCUT2D eigenvalue weighted by Crippen LogP contribution is -2.39. The van der Waals surface area contributed by atoms with Crippen molar-refractivity contribution in [2.45, 2.75) is 12.5 Å². The molecule has 26 heavy (non-hydrogen) atoms. The lowest BCUT2D eigenvalue weighted by Gasteiger charge is -2.18. The number of amides is 1. The van der Waals surface area contributed by atoms with Crippen LogP contribution in [-0.2, 0) is 20.5 Å². The third-order valence-corrected chi connectivity index (χ3v) is 4.83. The summed E-state index contributed by atoms with van der Waals surface area (Å²) < 4.78 is 16.9. The van der Waals surface area contributed by atoms with Crippen LogP contribution in [0.4, 0.5) is 5.69 Å². The first-order valence-corrected chi connectivity index (χ1v) is 9.57. The molecule has 0 aliphatic heterocycles. The van der Waals surface area contributed by atoms with E-state index in [4.69, 9.17) is 9.84 Å². The van der Waals surface area contributed by atoms with Gasteiger partial charge in [0, 0.05) is 12.8 Å². The highest BCUT2D eigenvalue weighted by Crippen LogP contribution is 2.18. The average Bonchev–Trinajstić information content (AvgIpc) is 2.62. The molecular formula is C18H21N2O5P. The van der Waals surface area contributed by atoms with Crippen molar-refractivity contribution in [1.82, 2.24) is 5.09 Å². The van der Waals surface area contributed by atoms with Gasteiger partial charge in [0.25, 0.3) is 0 Å². The number of ether oxygens (including phenoxy) is 1. The quantitative estimate of drug-likeness (QED) is 0.581. The maximum Gasteiger partial charge on any atom is 0.335 e. The largest absolute Gasteiger partial charge is 0.478 e. The van der Waals surface area contributed by atoms with Gasteiger partial charge in [-0.25, -0.2) is 4.79 Å². The van der Waals surface area contributed by atoms with E-state index in [0.29, 0.717) is 12.1 Å². The van der Waals surface area contributed by atoms with E-state index in [1.165, 1.54) is 31.4 Å². The Morgan fingerprint density at radius 2 is 1.77 bits per heavy atom. The van der Waals surface area contributed by atoms with Crippen molar-refractivity contribution in [1.29, 1.82) is 0 Å². The standard InChI is InChI=1S/C18H21N2O5P/c1-25-12-26(24)20-16(11-13-5-3-2-4-6-13)17(21)19-15-9-7-14(8-10-15)18(22)23/h2-10,16,26H,11-12H2,1H3,(H,19,21)(H,20,24)(H,22,23). The van der Waals surface area contributed by atoms with E-state index < -0.39 is 20.0 Å². The Bertz CT molecular complexity index is 765. The van der Waals surface area contributed by atoms with Gasteiger partial charge in [-0.2, -0.15) is 0 Å². The SMILES string of the molecule is COC[PH](=O)NC(Cc1ccccc1)C(=O)Nc1ccc(C(=O)O)cc1. The molecule has 0 aliphatic carbocycles. The summed E-state index contributed by atoms with van der Waals surface area (Å²) in [5.74, 6) is -1.39. The van der Waals surface area contributed by atoms with E-state index in [9.17, 15) is 14.2 Å². The summed E-state index contributed by atoms with van der Waals surface area (Å²) in [7, 11) is -0.828. The molecule has 0 aromatic heterocycles. The highest BCUT2D eigenvalue weighted by atomic mass is 31.1. The summed E-state index contributed by atoms with van der Waals surface area (Å²) in [5.41, 5.74) is 1.52. The predicted octanol–water partition coefficient (Wildman–Crippen LogP) is 2.60. The molecule has 2 aromatic rings. The van der Waals surface area contributed by atoms with Gasteiger partial charge >= 0.3 is 5.97 Å². The number of aromatic carboxylic acids is 1. The fourth-order valence-corrected chi connectivity index (χ4v) is 3.32. The molecule has 2 unspecified atom stereocenters. The van der Waals surface area contributed by atoms with Gasteiger partial charge in [-0.05, 0) is 36.2 Å².